The Labute approximate surface area is 447 Å². The van der Waals surface area contributed by atoms with Gasteiger partial charge in [0.25, 0.3) is 0 Å². The lowest BCUT2D eigenvalue weighted by atomic mass is 9.99. The van der Waals surface area contributed by atoms with Crippen molar-refractivity contribution < 1.29 is 57.8 Å². The summed E-state index contributed by atoms with van der Waals surface area (Å²) in [6.07, 6.45) is 1.56. The first kappa shape index (κ1) is 61.8. The minimum absolute atomic E-state index is 0.0804. The van der Waals surface area contributed by atoms with Crippen LogP contribution in [0.4, 0.5) is 21.0 Å². The van der Waals surface area contributed by atoms with Gasteiger partial charge in [-0.15, -0.1) is 0 Å². The largest absolute Gasteiger partial charge is 0.394 e. The van der Waals surface area contributed by atoms with Crippen LogP contribution in [0.3, 0.4) is 0 Å². The van der Waals surface area contributed by atoms with Gasteiger partial charge in [-0.2, -0.15) is 0 Å². The van der Waals surface area contributed by atoms with Crippen LogP contribution in [-0.2, 0) is 56.0 Å². The van der Waals surface area contributed by atoms with Crippen molar-refractivity contribution >= 4 is 76.6 Å². The summed E-state index contributed by atoms with van der Waals surface area (Å²) in [5.41, 5.74) is 12.3. The Hall–Kier alpha value is -7.71. The predicted octanol–water partition coefficient (Wildman–Crippen LogP) is -1.79. The van der Waals surface area contributed by atoms with Crippen molar-refractivity contribution in [1.82, 2.24) is 52.8 Å². The number of aliphatic hydroxyl groups excluding tert-OH is 1. The standard InChI is InChI=1S/C51H76N14O12/c1-27(2)22-35(44(70)59-34(10-7-8-20-55-28(3)4)49(75)65-21-9-11-40(65)48(74)56-29(5)42(52)68)60-45(71)36(23-31-14-18-33(19-15-31)58-50(53)76)61-46(72)37(62-47(73)39(26-66)54-6)24-30-12-16-32(17-13-30)57-43(69)38-25-41(67)64-51(77)63-38/h12-19,27-29,34-40,54-55,66H,7-11,20-26H2,1-6H3,(H2,52,68)(H,56,74)(H,57,69)(H,59,70)(H,60,71)(H,61,72)(H,62,73)(H3,53,58,76)(H2,63,64,67,77)/t29-,34+,35?,36-,37-,38+,39+,40+/m1/s1. The number of likely N-dealkylation sites (tertiary alicyclic amines) is 1. The summed E-state index contributed by atoms with van der Waals surface area (Å²) in [4.78, 5) is 146. The summed E-state index contributed by atoms with van der Waals surface area (Å²) in [6, 6.07) is 1.50. The number of anilines is 2. The van der Waals surface area contributed by atoms with Gasteiger partial charge in [0.1, 0.15) is 48.3 Å². The fraction of sp³-hybridized carbons (Fsp3) is 0.549. The number of primary amides is 2. The highest BCUT2D eigenvalue weighted by atomic mass is 16.3. The number of likely N-dealkylation sites (N-methyl/N-ethyl adjacent to an activating group) is 1. The molecule has 0 aliphatic carbocycles. The third-order valence-corrected chi connectivity index (χ3v) is 12.8. The second-order valence-corrected chi connectivity index (χ2v) is 19.9. The second-order valence-electron chi connectivity index (χ2n) is 19.9. The zero-order chi connectivity index (χ0) is 56.9. The van der Waals surface area contributed by atoms with Gasteiger partial charge in [0, 0.05) is 36.8 Å². The van der Waals surface area contributed by atoms with E-state index in [0.717, 1.165) is 0 Å². The Kier molecular flexibility index (Phi) is 24.2. The quantitative estimate of drug-likeness (QED) is 0.0401. The molecule has 2 aliphatic rings. The molecule has 0 spiro atoms. The van der Waals surface area contributed by atoms with Crippen molar-refractivity contribution in [2.75, 3.05) is 37.4 Å². The van der Waals surface area contributed by atoms with Crippen LogP contribution in [0, 0.1) is 5.92 Å². The van der Waals surface area contributed by atoms with Crippen LogP contribution >= 0.6 is 0 Å². The molecule has 2 aliphatic heterocycles. The number of urea groups is 2. The van der Waals surface area contributed by atoms with E-state index in [1.807, 2.05) is 33.0 Å². The summed E-state index contributed by atoms with van der Waals surface area (Å²) in [6.45, 7) is 9.29. The summed E-state index contributed by atoms with van der Waals surface area (Å²) in [5.74, 6) is -6.44. The molecule has 0 radical (unpaired) electrons. The van der Waals surface area contributed by atoms with E-state index in [1.54, 1.807) is 24.3 Å². The molecule has 0 saturated carbocycles. The van der Waals surface area contributed by atoms with Gasteiger partial charge in [-0.25, -0.2) is 9.59 Å². The summed E-state index contributed by atoms with van der Waals surface area (Å²) in [7, 11) is 1.43. The molecule has 8 atom stereocenters. The molecule has 2 saturated heterocycles. The molecule has 16 N–H and O–H groups in total. The van der Waals surface area contributed by atoms with Gasteiger partial charge in [0.15, 0.2) is 0 Å². The number of nitrogens with zero attached hydrogens (tertiary/aromatic N) is 1. The first-order chi connectivity index (χ1) is 36.5. The third kappa shape index (κ3) is 20.1. The van der Waals surface area contributed by atoms with E-state index in [4.69, 9.17) is 11.5 Å². The zero-order valence-electron chi connectivity index (χ0n) is 44.4. The molecule has 422 valence electrons. The Morgan fingerprint density at radius 2 is 1.22 bits per heavy atom. The van der Waals surface area contributed by atoms with Crippen molar-refractivity contribution in [1.29, 1.82) is 0 Å². The number of nitrogens with one attached hydrogen (secondary N) is 11. The predicted molar refractivity (Wildman–Crippen MR) is 283 cm³/mol. The Balaban J connectivity index is 1.64. The van der Waals surface area contributed by atoms with Crippen molar-refractivity contribution in [3.05, 3.63) is 59.7 Å². The van der Waals surface area contributed by atoms with Gasteiger partial charge < -0.3 is 74.6 Å². The molecule has 77 heavy (non-hydrogen) atoms. The molecule has 0 bridgehead atoms. The summed E-state index contributed by atoms with van der Waals surface area (Å²) >= 11 is 0. The van der Waals surface area contributed by atoms with Crippen LogP contribution in [0.15, 0.2) is 48.5 Å². The molecule has 2 aromatic carbocycles. The molecule has 2 fully saturated rings. The van der Waals surface area contributed by atoms with E-state index in [-0.39, 0.29) is 56.3 Å². The average molecular weight is 1080 g/mol. The number of carbonyl (C=O) groups excluding carboxylic acids is 11. The monoisotopic (exact) mass is 1080 g/mol. The topological polar surface area (TPSA) is 396 Å². The van der Waals surface area contributed by atoms with E-state index in [0.29, 0.717) is 49.0 Å². The molecule has 4 rings (SSSR count). The van der Waals surface area contributed by atoms with E-state index in [1.165, 1.54) is 43.1 Å². The first-order valence-electron chi connectivity index (χ1n) is 25.8. The van der Waals surface area contributed by atoms with Gasteiger partial charge >= 0.3 is 12.1 Å². The number of rotatable bonds is 29. The number of nitrogens with two attached hydrogens (primary N) is 2. The Bertz CT molecular complexity index is 2400. The minimum atomic E-state index is -1.44. The fourth-order valence-electron chi connectivity index (χ4n) is 8.58. The lowest BCUT2D eigenvalue weighted by molar-refractivity contribution is -0.142. The number of imide groups is 1. The first-order valence-corrected chi connectivity index (χ1v) is 25.8. The normalized spacial score (nSPS) is 17.5. The maximum atomic E-state index is 14.7. The number of benzene rings is 2. The number of hydrogen-bond acceptors (Lipinski definition) is 14. The Morgan fingerprint density at radius 3 is 1.73 bits per heavy atom. The van der Waals surface area contributed by atoms with Gasteiger partial charge in [0.05, 0.1) is 13.0 Å². The lowest BCUT2D eigenvalue weighted by Gasteiger charge is -2.31. The molecule has 26 heteroatoms. The number of aliphatic hydroxyl groups is 1. The van der Waals surface area contributed by atoms with Crippen LogP contribution in [0.5, 0.6) is 0 Å². The van der Waals surface area contributed by atoms with Gasteiger partial charge in [-0.1, -0.05) is 52.0 Å². The molecule has 13 amide bonds. The van der Waals surface area contributed by atoms with Crippen molar-refractivity contribution in [2.24, 2.45) is 17.4 Å². The highest BCUT2D eigenvalue weighted by Gasteiger charge is 2.40. The minimum Gasteiger partial charge on any atom is -0.394 e. The van der Waals surface area contributed by atoms with Crippen LogP contribution in [0.25, 0.3) is 0 Å². The van der Waals surface area contributed by atoms with Crippen LogP contribution in [0.2, 0.25) is 0 Å². The van der Waals surface area contributed by atoms with Gasteiger partial charge in [-0.3, -0.25) is 48.5 Å². The van der Waals surface area contributed by atoms with Gasteiger partial charge in [0.2, 0.25) is 53.2 Å². The maximum Gasteiger partial charge on any atom is 0.322 e. The van der Waals surface area contributed by atoms with Crippen LogP contribution < -0.4 is 70.0 Å². The second kappa shape index (κ2) is 30.1. The van der Waals surface area contributed by atoms with Gasteiger partial charge in [-0.05, 0) is 100 Å². The van der Waals surface area contributed by atoms with E-state index >= 15 is 0 Å². The van der Waals surface area contributed by atoms with Crippen molar-refractivity contribution in [3.63, 3.8) is 0 Å². The smallest absolute Gasteiger partial charge is 0.322 e. The highest BCUT2D eigenvalue weighted by Crippen LogP contribution is 2.21. The lowest BCUT2D eigenvalue weighted by Crippen LogP contribution is -2.60. The molecule has 0 aromatic heterocycles. The zero-order valence-corrected chi connectivity index (χ0v) is 44.4. The number of hydrogen-bond donors (Lipinski definition) is 14. The molecular formula is C51H76N14O12. The maximum absolute atomic E-state index is 14.7. The molecule has 1 unspecified atom stereocenters. The third-order valence-electron chi connectivity index (χ3n) is 12.8. The van der Waals surface area contributed by atoms with Crippen LogP contribution in [-0.4, -0.2) is 156 Å². The Morgan fingerprint density at radius 1 is 0.688 bits per heavy atom. The van der Waals surface area contributed by atoms with E-state index < -0.39 is 120 Å². The van der Waals surface area contributed by atoms with E-state index in [9.17, 15) is 57.8 Å². The molecular weight excluding hydrogens is 1000 g/mol. The summed E-state index contributed by atoms with van der Waals surface area (Å²) in [5, 5.41) is 39.0. The molecule has 2 aromatic rings. The highest BCUT2D eigenvalue weighted by molar-refractivity contribution is 6.06. The van der Waals surface area contributed by atoms with Crippen molar-refractivity contribution in [2.45, 2.75) is 147 Å². The van der Waals surface area contributed by atoms with Crippen molar-refractivity contribution in [3.8, 4) is 0 Å². The molecule has 2 heterocycles. The molecule has 26 nitrogen and oxygen atoms in total. The average Bonchev–Trinajstić information content (AvgIpc) is 3.86. The summed E-state index contributed by atoms with van der Waals surface area (Å²) < 4.78 is 0. The number of carbonyl (C=O) groups is 11. The number of amides is 13. The SMILES string of the molecule is CN[C@@H](CO)C(=O)N[C@H](Cc1ccc(NC(=O)[C@@H]2CC(=O)NC(=O)N2)cc1)C(=O)N[C@H](Cc1ccc(NC(N)=O)cc1)C(=O)NC(CC(C)C)C(=O)N[C@@H](CCCCNC(C)C)C(=O)N1CCC[C@H]1C(=O)N[C@H](C)C(N)=O. The fourth-order valence-corrected chi connectivity index (χ4v) is 8.58. The van der Waals surface area contributed by atoms with Crippen LogP contribution in [0.1, 0.15) is 90.7 Å². The number of unbranched alkanes of at least 4 members (excludes halogenated alkanes) is 1. The van der Waals surface area contributed by atoms with E-state index in [2.05, 4.69) is 53.2 Å².